The molecule has 0 unspecified atom stereocenters. The summed E-state index contributed by atoms with van der Waals surface area (Å²) >= 11 is 0. The van der Waals surface area contributed by atoms with Gasteiger partial charge in [0.15, 0.2) is 0 Å². The molecule has 0 aliphatic rings. The molecule has 1 heterocycles. The molecule has 0 saturated heterocycles. The van der Waals surface area contributed by atoms with Gasteiger partial charge in [0.05, 0.1) is 0 Å². The van der Waals surface area contributed by atoms with Crippen LogP contribution in [0.2, 0.25) is 0 Å². The highest BCUT2D eigenvalue weighted by Gasteiger charge is 2.16. The molecule has 0 saturated carbocycles. The Morgan fingerprint density at radius 1 is 0.300 bits per heavy atom. The Hall–Kier alpha value is -6.64. The third-order valence-electron chi connectivity index (χ3n) is 10.0. The minimum absolute atomic E-state index is 0.919. The standard InChI is InChI=1S/C48H31NO/c1-2-9-32(10-3-1)37-12-8-13-40(29-37)49(41-27-23-35-18-17-34-11-4-5-14-42(34)45(35)31-41)39-25-21-33(22-26-39)38-20-19-36-24-28-44-43-15-6-7-16-47(43)50-48(44)46(36)30-38/h1-31H. The average molecular weight is 638 g/mol. The van der Waals surface area contributed by atoms with Crippen LogP contribution in [0.4, 0.5) is 17.1 Å². The lowest BCUT2D eigenvalue weighted by atomic mass is 9.98. The van der Waals surface area contributed by atoms with E-state index >= 15 is 0 Å². The molecule has 0 radical (unpaired) electrons. The molecule has 234 valence electrons. The molecule has 10 aromatic rings. The molecule has 0 spiro atoms. The second kappa shape index (κ2) is 11.5. The molecule has 2 nitrogen and oxygen atoms in total. The molecule has 0 aliphatic heterocycles. The van der Waals surface area contributed by atoms with Crippen LogP contribution in [0.25, 0.3) is 76.5 Å². The fraction of sp³-hybridized carbons (Fsp3) is 0. The SMILES string of the molecule is c1ccc(-c2cccc(N(c3ccc(-c4ccc5ccc6c7ccccc7oc6c5c4)cc3)c3ccc4ccc5ccccc5c4c3)c2)cc1. The van der Waals surface area contributed by atoms with E-state index in [1.807, 2.05) is 12.1 Å². The summed E-state index contributed by atoms with van der Waals surface area (Å²) in [5, 5.41) is 9.58. The van der Waals surface area contributed by atoms with Gasteiger partial charge in [-0.2, -0.15) is 0 Å². The Morgan fingerprint density at radius 3 is 1.76 bits per heavy atom. The van der Waals surface area contributed by atoms with E-state index in [1.165, 1.54) is 38.1 Å². The van der Waals surface area contributed by atoms with Crippen molar-refractivity contribution in [2.24, 2.45) is 0 Å². The van der Waals surface area contributed by atoms with Crippen LogP contribution in [-0.4, -0.2) is 0 Å². The number of fused-ring (bicyclic) bond motifs is 8. The number of furan rings is 1. The fourth-order valence-corrected chi connectivity index (χ4v) is 7.52. The second-order valence-electron chi connectivity index (χ2n) is 13.0. The Kier molecular flexibility index (Phi) is 6.53. The van der Waals surface area contributed by atoms with Crippen LogP contribution in [0.5, 0.6) is 0 Å². The number of hydrogen-bond acceptors (Lipinski definition) is 2. The summed E-state index contributed by atoms with van der Waals surface area (Å²) in [7, 11) is 0. The third kappa shape index (κ3) is 4.73. The lowest BCUT2D eigenvalue weighted by Crippen LogP contribution is -2.10. The van der Waals surface area contributed by atoms with Gasteiger partial charge in [0.2, 0.25) is 0 Å². The molecule has 9 aromatic carbocycles. The highest BCUT2D eigenvalue weighted by Crippen LogP contribution is 2.41. The smallest absolute Gasteiger partial charge is 0.143 e. The van der Waals surface area contributed by atoms with Gasteiger partial charge in [-0.15, -0.1) is 0 Å². The Morgan fingerprint density at radius 2 is 0.880 bits per heavy atom. The van der Waals surface area contributed by atoms with Crippen LogP contribution in [0, 0.1) is 0 Å². The van der Waals surface area contributed by atoms with E-state index in [1.54, 1.807) is 0 Å². The first kappa shape index (κ1) is 28.4. The van der Waals surface area contributed by atoms with E-state index < -0.39 is 0 Å². The van der Waals surface area contributed by atoms with Gasteiger partial charge >= 0.3 is 0 Å². The number of nitrogens with zero attached hydrogens (tertiary/aromatic N) is 1. The number of hydrogen-bond donors (Lipinski definition) is 0. The predicted octanol–water partition coefficient (Wildman–Crippen LogP) is 13.8. The lowest BCUT2D eigenvalue weighted by molar-refractivity contribution is 0.672. The van der Waals surface area contributed by atoms with E-state index in [4.69, 9.17) is 4.42 Å². The van der Waals surface area contributed by atoms with Crippen LogP contribution in [-0.2, 0) is 0 Å². The first-order chi connectivity index (χ1) is 24.8. The number of benzene rings is 9. The minimum Gasteiger partial charge on any atom is -0.455 e. The minimum atomic E-state index is 0.919. The first-order valence-corrected chi connectivity index (χ1v) is 17.1. The van der Waals surface area contributed by atoms with Crippen molar-refractivity contribution in [3.8, 4) is 22.3 Å². The van der Waals surface area contributed by atoms with Gasteiger partial charge in [-0.1, -0.05) is 133 Å². The van der Waals surface area contributed by atoms with Crippen LogP contribution < -0.4 is 4.90 Å². The van der Waals surface area contributed by atoms with Crippen LogP contribution in [0.15, 0.2) is 192 Å². The zero-order valence-corrected chi connectivity index (χ0v) is 27.3. The van der Waals surface area contributed by atoms with Gasteiger partial charge in [0.25, 0.3) is 0 Å². The first-order valence-electron chi connectivity index (χ1n) is 17.1. The maximum Gasteiger partial charge on any atom is 0.143 e. The quantitative estimate of drug-likeness (QED) is 0.175. The molecule has 0 fully saturated rings. The van der Waals surface area contributed by atoms with Crippen molar-refractivity contribution in [2.75, 3.05) is 4.90 Å². The van der Waals surface area contributed by atoms with Crippen LogP contribution in [0.3, 0.4) is 0 Å². The van der Waals surface area contributed by atoms with Crippen molar-refractivity contribution >= 4 is 71.3 Å². The van der Waals surface area contributed by atoms with Crippen LogP contribution in [0.1, 0.15) is 0 Å². The summed E-state index contributed by atoms with van der Waals surface area (Å²) in [4.78, 5) is 2.37. The topological polar surface area (TPSA) is 16.4 Å². The van der Waals surface area contributed by atoms with Gasteiger partial charge in [0, 0.05) is 33.2 Å². The molecular weight excluding hydrogens is 607 g/mol. The van der Waals surface area contributed by atoms with Crippen molar-refractivity contribution in [3.05, 3.63) is 188 Å². The highest BCUT2D eigenvalue weighted by molar-refractivity contribution is 6.15. The van der Waals surface area contributed by atoms with Gasteiger partial charge in [-0.25, -0.2) is 0 Å². The summed E-state index contributed by atoms with van der Waals surface area (Å²) in [6, 6.07) is 67.6. The van der Waals surface area contributed by atoms with Crippen molar-refractivity contribution < 1.29 is 4.42 Å². The maximum atomic E-state index is 6.40. The summed E-state index contributed by atoms with van der Waals surface area (Å²) in [5.41, 5.74) is 9.88. The van der Waals surface area contributed by atoms with Crippen molar-refractivity contribution in [1.82, 2.24) is 0 Å². The summed E-state index contributed by atoms with van der Waals surface area (Å²) in [5.74, 6) is 0. The van der Waals surface area contributed by atoms with Gasteiger partial charge in [0.1, 0.15) is 11.2 Å². The largest absolute Gasteiger partial charge is 0.455 e. The monoisotopic (exact) mass is 637 g/mol. The fourth-order valence-electron chi connectivity index (χ4n) is 7.52. The van der Waals surface area contributed by atoms with Crippen molar-refractivity contribution in [1.29, 1.82) is 0 Å². The zero-order valence-electron chi connectivity index (χ0n) is 27.3. The molecule has 0 aliphatic carbocycles. The second-order valence-corrected chi connectivity index (χ2v) is 13.0. The molecule has 0 amide bonds. The van der Waals surface area contributed by atoms with Gasteiger partial charge in [-0.05, 0) is 104 Å². The summed E-state index contributed by atoms with van der Waals surface area (Å²) in [6.07, 6.45) is 0. The Balaban J connectivity index is 1.11. The lowest BCUT2D eigenvalue weighted by Gasteiger charge is -2.27. The molecule has 2 heteroatoms. The van der Waals surface area contributed by atoms with Crippen molar-refractivity contribution in [3.63, 3.8) is 0 Å². The van der Waals surface area contributed by atoms with Gasteiger partial charge < -0.3 is 9.32 Å². The summed E-state index contributed by atoms with van der Waals surface area (Å²) in [6.45, 7) is 0. The average Bonchev–Trinajstić information content (AvgIpc) is 3.58. The van der Waals surface area contributed by atoms with Crippen LogP contribution >= 0.6 is 0 Å². The Labute approximate surface area is 290 Å². The van der Waals surface area contributed by atoms with Crippen molar-refractivity contribution in [2.45, 2.75) is 0 Å². The number of rotatable bonds is 5. The molecule has 0 bridgehead atoms. The molecule has 0 atom stereocenters. The zero-order chi connectivity index (χ0) is 33.0. The van der Waals surface area contributed by atoms with E-state index in [-0.39, 0.29) is 0 Å². The normalized spacial score (nSPS) is 11.6. The summed E-state index contributed by atoms with van der Waals surface area (Å²) < 4.78 is 6.40. The van der Waals surface area contributed by atoms with E-state index in [9.17, 15) is 0 Å². The highest BCUT2D eigenvalue weighted by atomic mass is 16.3. The number of anilines is 3. The number of para-hydroxylation sites is 1. The third-order valence-corrected chi connectivity index (χ3v) is 10.0. The predicted molar refractivity (Wildman–Crippen MR) is 212 cm³/mol. The molecular formula is C48H31NO. The van der Waals surface area contributed by atoms with E-state index in [2.05, 4.69) is 181 Å². The maximum absolute atomic E-state index is 6.40. The Bertz CT molecular complexity index is 2870. The molecule has 10 rings (SSSR count). The van der Waals surface area contributed by atoms with E-state index in [0.29, 0.717) is 0 Å². The molecule has 1 aromatic heterocycles. The molecule has 50 heavy (non-hydrogen) atoms. The molecule has 0 N–H and O–H groups in total. The van der Waals surface area contributed by atoms with E-state index in [0.717, 1.165) is 55.5 Å². The van der Waals surface area contributed by atoms with Gasteiger partial charge in [-0.3, -0.25) is 0 Å².